The lowest BCUT2D eigenvalue weighted by atomic mass is 9.88. The summed E-state index contributed by atoms with van der Waals surface area (Å²) in [6, 6.07) is -0.226. The van der Waals surface area contributed by atoms with E-state index in [2.05, 4.69) is 19.2 Å². The molecular weight excluding hydrogens is 330 g/mol. The Balaban J connectivity index is 2.14. The molecule has 0 amide bonds. The van der Waals surface area contributed by atoms with E-state index < -0.39 is 24.4 Å². The van der Waals surface area contributed by atoms with Crippen LogP contribution in [0.2, 0.25) is 0 Å². The highest BCUT2D eigenvalue weighted by Crippen LogP contribution is 2.21. The smallest absolute Gasteiger partial charge is 0.111 e. The molecule has 1 rings (SSSR count). The largest absolute Gasteiger partial charge is 0.392 e. The van der Waals surface area contributed by atoms with Crippen LogP contribution in [0.15, 0.2) is 11.6 Å². The zero-order valence-electron chi connectivity index (χ0n) is 16.7. The number of hydrogen-bond donors (Lipinski definition) is 5. The molecule has 0 aliphatic heterocycles. The van der Waals surface area contributed by atoms with Gasteiger partial charge < -0.3 is 25.7 Å². The molecule has 5 N–H and O–H groups in total. The number of aliphatic hydroxyl groups excluding tert-OH is 4. The molecule has 0 saturated heterocycles. The average molecular weight is 372 g/mol. The molecule has 0 fully saturated rings. The molecule has 0 radical (unpaired) electrons. The summed E-state index contributed by atoms with van der Waals surface area (Å²) in [7, 11) is 0. The number of aliphatic hydroxyl groups is 4. The van der Waals surface area contributed by atoms with Gasteiger partial charge in [-0.15, -0.1) is 0 Å². The van der Waals surface area contributed by atoms with E-state index in [0.717, 1.165) is 12.8 Å². The van der Waals surface area contributed by atoms with E-state index >= 15 is 0 Å². The Hall–Kier alpha value is -0.460. The van der Waals surface area contributed by atoms with E-state index in [9.17, 15) is 20.4 Å². The zero-order valence-corrected chi connectivity index (χ0v) is 16.7. The van der Waals surface area contributed by atoms with Crippen molar-refractivity contribution in [2.45, 2.75) is 115 Å². The molecule has 0 aromatic rings. The van der Waals surface area contributed by atoms with E-state index in [0.29, 0.717) is 5.57 Å². The summed E-state index contributed by atoms with van der Waals surface area (Å²) in [5, 5.41) is 42.4. The molecule has 5 nitrogen and oxygen atoms in total. The summed E-state index contributed by atoms with van der Waals surface area (Å²) in [6.45, 7) is 4.01. The molecule has 0 bridgehead atoms. The fourth-order valence-electron chi connectivity index (χ4n) is 3.69. The Morgan fingerprint density at radius 2 is 1.42 bits per heavy atom. The second kappa shape index (κ2) is 13.7. The standard InChI is InChI=1S/C21H41NO4/c1-3-4-5-6-7-8-9-10-11-12-13-16(2)22-18-14-17(15-23)19(24)21(26)20(18)25/h14,16,18-26H,3-13,15H2,1-2H3/t16?,18-,19?,20?,21+/m1/s1. The van der Waals surface area contributed by atoms with Crippen molar-refractivity contribution in [1.82, 2.24) is 5.32 Å². The van der Waals surface area contributed by atoms with Gasteiger partial charge in [0.2, 0.25) is 0 Å². The Morgan fingerprint density at radius 1 is 0.885 bits per heavy atom. The normalized spacial score (nSPS) is 27.4. The average Bonchev–Trinajstić information content (AvgIpc) is 2.63. The molecule has 1 aliphatic rings. The van der Waals surface area contributed by atoms with Gasteiger partial charge in [-0.05, 0) is 18.9 Å². The number of rotatable bonds is 14. The van der Waals surface area contributed by atoms with Crippen molar-refractivity contribution in [3.63, 3.8) is 0 Å². The number of unbranched alkanes of at least 4 members (excludes halogenated alkanes) is 9. The van der Waals surface area contributed by atoms with Crippen LogP contribution in [-0.4, -0.2) is 57.4 Å². The van der Waals surface area contributed by atoms with Crippen LogP contribution in [0, 0.1) is 0 Å². The Labute approximate surface area is 159 Å². The maximum absolute atomic E-state index is 10.1. The van der Waals surface area contributed by atoms with Gasteiger partial charge in [0.25, 0.3) is 0 Å². The second-order valence-corrected chi connectivity index (χ2v) is 7.89. The van der Waals surface area contributed by atoms with Crippen molar-refractivity contribution in [3.8, 4) is 0 Å². The highest BCUT2D eigenvalue weighted by atomic mass is 16.4. The summed E-state index contributed by atoms with van der Waals surface area (Å²) in [5.74, 6) is 0. The monoisotopic (exact) mass is 371 g/mol. The summed E-state index contributed by atoms with van der Waals surface area (Å²) < 4.78 is 0. The van der Waals surface area contributed by atoms with E-state index in [1.807, 2.05) is 0 Å². The molecule has 0 spiro atoms. The fraction of sp³-hybridized carbons (Fsp3) is 0.905. The third kappa shape index (κ3) is 8.49. The lowest BCUT2D eigenvalue weighted by Gasteiger charge is -2.36. The topological polar surface area (TPSA) is 93.0 Å². The van der Waals surface area contributed by atoms with Crippen molar-refractivity contribution in [1.29, 1.82) is 0 Å². The van der Waals surface area contributed by atoms with Crippen LogP contribution in [0.3, 0.4) is 0 Å². The third-order valence-electron chi connectivity index (χ3n) is 5.47. The van der Waals surface area contributed by atoms with Crippen LogP contribution in [0.25, 0.3) is 0 Å². The highest BCUT2D eigenvalue weighted by molar-refractivity contribution is 5.21. The Bertz CT molecular complexity index is 388. The predicted octanol–water partition coefficient (Wildman–Crippen LogP) is 2.66. The first kappa shape index (κ1) is 23.6. The molecule has 154 valence electrons. The SMILES string of the molecule is CCCCCCCCCCCCC(C)N[C@@H]1C=C(CO)C(O)[C@H](O)C1O. The molecule has 0 aromatic carbocycles. The summed E-state index contributed by atoms with van der Waals surface area (Å²) >= 11 is 0. The zero-order chi connectivity index (χ0) is 19.4. The van der Waals surface area contributed by atoms with Crippen molar-refractivity contribution < 1.29 is 20.4 Å². The van der Waals surface area contributed by atoms with Gasteiger partial charge in [-0.3, -0.25) is 0 Å². The van der Waals surface area contributed by atoms with Gasteiger partial charge in [-0.25, -0.2) is 0 Å². The van der Waals surface area contributed by atoms with Gasteiger partial charge in [0.1, 0.15) is 18.3 Å². The Kier molecular flexibility index (Phi) is 12.4. The Morgan fingerprint density at radius 3 is 1.96 bits per heavy atom. The van der Waals surface area contributed by atoms with E-state index in [1.165, 1.54) is 57.8 Å². The molecule has 3 unspecified atom stereocenters. The van der Waals surface area contributed by atoms with Crippen LogP contribution >= 0.6 is 0 Å². The first-order valence-electron chi connectivity index (χ1n) is 10.6. The first-order chi connectivity index (χ1) is 12.5. The minimum Gasteiger partial charge on any atom is -0.392 e. The fourth-order valence-corrected chi connectivity index (χ4v) is 3.69. The summed E-state index contributed by atoms with van der Waals surface area (Å²) in [6.07, 6.45) is 12.3. The van der Waals surface area contributed by atoms with Crippen molar-refractivity contribution in [3.05, 3.63) is 11.6 Å². The van der Waals surface area contributed by atoms with Gasteiger partial charge >= 0.3 is 0 Å². The maximum atomic E-state index is 10.1. The van der Waals surface area contributed by atoms with Gasteiger partial charge in [0.05, 0.1) is 12.6 Å². The number of hydrogen-bond acceptors (Lipinski definition) is 5. The molecule has 0 aromatic heterocycles. The van der Waals surface area contributed by atoms with Crippen molar-refractivity contribution in [2.75, 3.05) is 6.61 Å². The van der Waals surface area contributed by atoms with E-state index in [1.54, 1.807) is 6.08 Å². The lowest BCUT2D eigenvalue weighted by Crippen LogP contribution is -2.55. The van der Waals surface area contributed by atoms with Gasteiger partial charge in [0.15, 0.2) is 0 Å². The minimum absolute atomic E-state index is 0.210. The molecular formula is C21H41NO4. The second-order valence-electron chi connectivity index (χ2n) is 7.89. The number of nitrogens with one attached hydrogen (secondary N) is 1. The van der Waals surface area contributed by atoms with Gasteiger partial charge in [0, 0.05) is 6.04 Å². The predicted molar refractivity (Wildman–Crippen MR) is 106 cm³/mol. The molecule has 26 heavy (non-hydrogen) atoms. The molecule has 1 aliphatic carbocycles. The van der Waals surface area contributed by atoms with Crippen molar-refractivity contribution in [2.24, 2.45) is 0 Å². The van der Waals surface area contributed by atoms with E-state index in [4.69, 9.17) is 0 Å². The lowest BCUT2D eigenvalue weighted by molar-refractivity contribution is -0.0652. The van der Waals surface area contributed by atoms with Crippen LogP contribution < -0.4 is 5.32 Å². The quantitative estimate of drug-likeness (QED) is 0.239. The molecule has 0 heterocycles. The third-order valence-corrected chi connectivity index (χ3v) is 5.47. The highest BCUT2D eigenvalue weighted by Gasteiger charge is 2.37. The van der Waals surface area contributed by atoms with E-state index in [-0.39, 0.29) is 12.6 Å². The maximum Gasteiger partial charge on any atom is 0.111 e. The summed E-state index contributed by atoms with van der Waals surface area (Å²) in [5.41, 5.74) is 0.367. The van der Waals surface area contributed by atoms with Crippen LogP contribution in [0.5, 0.6) is 0 Å². The van der Waals surface area contributed by atoms with Crippen LogP contribution in [0.4, 0.5) is 0 Å². The summed E-state index contributed by atoms with van der Waals surface area (Å²) in [4.78, 5) is 0. The van der Waals surface area contributed by atoms with Gasteiger partial charge in [-0.2, -0.15) is 0 Å². The first-order valence-corrected chi connectivity index (χ1v) is 10.6. The molecule has 5 heteroatoms. The van der Waals surface area contributed by atoms with Crippen LogP contribution in [-0.2, 0) is 0 Å². The minimum atomic E-state index is -1.26. The van der Waals surface area contributed by atoms with Gasteiger partial charge in [-0.1, -0.05) is 77.2 Å². The molecule has 0 saturated carbocycles. The van der Waals surface area contributed by atoms with Crippen molar-refractivity contribution >= 4 is 0 Å². The van der Waals surface area contributed by atoms with Crippen LogP contribution in [0.1, 0.15) is 84.5 Å². The molecule has 5 atom stereocenters.